The average molecular weight is 361 g/mol. The molecule has 1 saturated heterocycles. The zero-order valence-corrected chi connectivity index (χ0v) is 15.1. The number of rotatable bonds is 5. The third-order valence-electron chi connectivity index (χ3n) is 4.88. The zero-order chi connectivity index (χ0) is 17.4. The number of aryl methyl sites for hydroxylation is 1. The van der Waals surface area contributed by atoms with Crippen molar-refractivity contribution in [3.63, 3.8) is 0 Å². The minimum atomic E-state index is -0.584. The third-order valence-corrected chi connectivity index (χ3v) is 5.70. The highest BCUT2D eigenvalue weighted by Crippen LogP contribution is 2.39. The summed E-state index contributed by atoms with van der Waals surface area (Å²) in [4.78, 5) is 19.0. The van der Waals surface area contributed by atoms with Crippen molar-refractivity contribution in [3.8, 4) is 0 Å². The summed E-state index contributed by atoms with van der Waals surface area (Å²) in [6.45, 7) is 4.10. The summed E-state index contributed by atoms with van der Waals surface area (Å²) < 4.78 is 0. The third kappa shape index (κ3) is 3.91. The van der Waals surface area contributed by atoms with E-state index in [0.717, 1.165) is 35.9 Å². The van der Waals surface area contributed by atoms with Crippen LogP contribution in [0.15, 0.2) is 11.4 Å². The molecule has 2 aromatic rings. The van der Waals surface area contributed by atoms with E-state index in [1.54, 1.807) is 11.3 Å². The molecule has 1 amide bonds. The van der Waals surface area contributed by atoms with Gasteiger partial charge in [0.2, 0.25) is 0 Å². The van der Waals surface area contributed by atoms with Crippen molar-refractivity contribution in [3.05, 3.63) is 33.5 Å². The van der Waals surface area contributed by atoms with Crippen molar-refractivity contribution >= 4 is 17.2 Å². The molecular formula is C17H23N5O2S. The minimum absolute atomic E-state index is 0.212. The summed E-state index contributed by atoms with van der Waals surface area (Å²) in [6, 6.07) is 1.60. The Morgan fingerprint density at radius 2 is 2.32 bits per heavy atom. The number of thiazole rings is 1. The zero-order valence-electron chi connectivity index (χ0n) is 14.2. The number of H-pyrrole nitrogens is 1. The van der Waals surface area contributed by atoms with Crippen molar-refractivity contribution in [1.82, 2.24) is 25.4 Å². The second-order valence-electron chi connectivity index (χ2n) is 7.01. The topological polar surface area (TPSA) is 94.1 Å². The molecule has 0 unspecified atom stereocenters. The maximum atomic E-state index is 12.4. The number of amides is 1. The number of hydrogen-bond donors (Lipinski definition) is 3. The highest BCUT2D eigenvalue weighted by molar-refractivity contribution is 7.09. The Morgan fingerprint density at radius 3 is 3.00 bits per heavy atom. The molecule has 2 fully saturated rings. The van der Waals surface area contributed by atoms with Gasteiger partial charge in [0.1, 0.15) is 5.69 Å². The Hall–Kier alpha value is -1.77. The quantitative estimate of drug-likeness (QED) is 0.749. The summed E-state index contributed by atoms with van der Waals surface area (Å²) in [5, 5.41) is 23.5. The number of aromatic amines is 1. The first-order chi connectivity index (χ1) is 12.1. The standard InChI is InChI=1S/C17H23N5O2S/c1-10-18-12(9-25-10)7-22-5-4-13(16(23)8-22)19-17(24)15-6-14(20-21-15)11-2-3-11/h6,9,11,13,16,23H,2-5,7-8H2,1H3,(H,19,24)(H,20,21)/t13-,16-/m1/s1. The predicted molar refractivity (Wildman–Crippen MR) is 94.6 cm³/mol. The maximum Gasteiger partial charge on any atom is 0.272 e. The summed E-state index contributed by atoms with van der Waals surface area (Å²) in [5.41, 5.74) is 2.50. The van der Waals surface area contributed by atoms with Crippen LogP contribution in [0.5, 0.6) is 0 Å². The molecule has 2 atom stereocenters. The summed E-state index contributed by atoms with van der Waals surface area (Å²) in [6.07, 6.45) is 2.47. The first-order valence-corrected chi connectivity index (χ1v) is 9.64. The molecule has 134 valence electrons. The number of piperidine rings is 1. The smallest absolute Gasteiger partial charge is 0.272 e. The normalized spacial score (nSPS) is 24.4. The lowest BCUT2D eigenvalue weighted by molar-refractivity contribution is 0.0344. The van der Waals surface area contributed by atoms with Crippen LogP contribution in [0.4, 0.5) is 0 Å². The summed E-state index contributed by atoms with van der Waals surface area (Å²) in [7, 11) is 0. The molecule has 3 heterocycles. The van der Waals surface area contributed by atoms with E-state index in [1.165, 1.54) is 12.8 Å². The monoisotopic (exact) mass is 361 g/mol. The van der Waals surface area contributed by atoms with Gasteiger partial charge >= 0.3 is 0 Å². The van der Waals surface area contributed by atoms with Gasteiger partial charge in [-0.05, 0) is 32.3 Å². The van der Waals surface area contributed by atoms with E-state index in [0.29, 0.717) is 18.2 Å². The van der Waals surface area contributed by atoms with Crippen molar-refractivity contribution in [2.24, 2.45) is 0 Å². The molecule has 8 heteroatoms. The van der Waals surface area contributed by atoms with Crippen LogP contribution in [0.2, 0.25) is 0 Å². The van der Waals surface area contributed by atoms with Crippen LogP contribution in [0.25, 0.3) is 0 Å². The lowest BCUT2D eigenvalue weighted by Crippen LogP contribution is -2.53. The van der Waals surface area contributed by atoms with Crippen LogP contribution < -0.4 is 5.32 Å². The van der Waals surface area contributed by atoms with Crippen LogP contribution in [-0.4, -0.2) is 56.3 Å². The van der Waals surface area contributed by atoms with Crippen LogP contribution >= 0.6 is 11.3 Å². The van der Waals surface area contributed by atoms with Gasteiger partial charge in [0.25, 0.3) is 5.91 Å². The number of aliphatic hydroxyl groups is 1. The second-order valence-corrected chi connectivity index (χ2v) is 8.07. The van der Waals surface area contributed by atoms with Gasteiger partial charge in [0, 0.05) is 36.6 Å². The molecule has 0 bridgehead atoms. The number of hydrogen-bond acceptors (Lipinski definition) is 6. The SMILES string of the molecule is Cc1nc(CN2CC[C@@H](NC(=O)c3cc(C4CC4)[nH]n3)[C@H](O)C2)cs1. The van der Waals surface area contributed by atoms with E-state index in [2.05, 4.69) is 30.8 Å². The van der Waals surface area contributed by atoms with E-state index in [-0.39, 0.29) is 11.9 Å². The van der Waals surface area contributed by atoms with E-state index < -0.39 is 6.10 Å². The Morgan fingerprint density at radius 1 is 1.48 bits per heavy atom. The van der Waals surface area contributed by atoms with Crippen LogP contribution in [0.1, 0.15) is 52.1 Å². The fourth-order valence-corrected chi connectivity index (χ4v) is 3.92. The molecule has 2 aliphatic rings. The molecular weight excluding hydrogens is 338 g/mol. The molecule has 0 spiro atoms. The van der Waals surface area contributed by atoms with Crippen LogP contribution in [0, 0.1) is 6.92 Å². The van der Waals surface area contributed by atoms with Crippen molar-refractivity contribution < 1.29 is 9.90 Å². The highest BCUT2D eigenvalue weighted by atomic mass is 32.1. The molecule has 1 saturated carbocycles. The molecule has 3 N–H and O–H groups in total. The van der Waals surface area contributed by atoms with E-state index in [4.69, 9.17) is 0 Å². The average Bonchev–Trinajstić information content (AvgIpc) is 3.17. The fourth-order valence-electron chi connectivity index (χ4n) is 3.32. The number of aliphatic hydroxyl groups excluding tert-OH is 1. The molecule has 1 aliphatic heterocycles. The molecule has 25 heavy (non-hydrogen) atoms. The van der Waals surface area contributed by atoms with Crippen LogP contribution in [-0.2, 0) is 6.54 Å². The largest absolute Gasteiger partial charge is 0.390 e. The van der Waals surface area contributed by atoms with E-state index >= 15 is 0 Å². The molecule has 2 aromatic heterocycles. The number of aromatic nitrogens is 3. The number of β-amino-alcohol motifs (C(OH)–C–C–N with tert-alkyl or cyclic N) is 1. The highest BCUT2D eigenvalue weighted by Gasteiger charge is 2.31. The van der Waals surface area contributed by atoms with Gasteiger partial charge in [-0.2, -0.15) is 5.10 Å². The minimum Gasteiger partial charge on any atom is -0.390 e. The Bertz CT molecular complexity index is 754. The Balaban J connectivity index is 1.30. The molecule has 7 nitrogen and oxygen atoms in total. The van der Waals surface area contributed by atoms with Crippen LogP contribution in [0.3, 0.4) is 0 Å². The number of carbonyl (C=O) groups excluding carboxylic acids is 1. The maximum absolute atomic E-state index is 12.4. The fraction of sp³-hybridized carbons (Fsp3) is 0.588. The van der Waals surface area contributed by atoms with E-state index in [1.807, 2.05) is 13.0 Å². The number of nitrogens with one attached hydrogen (secondary N) is 2. The first kappa shape index (κ1) is 16.7. The molecule has 0 radical (unpaired) electrons. The number of nitrogens with zero attached hydrogens (tertiary/aromatic N) is 3. The van der Waals surface area contributed by atoms with Gasteiger partial charge in [0.05, 0.1) is 22.8 Å². The first-order valence-electron chi connectivity index (χ1n) is 8.76. The molecule has 1 aliphatic carbocycles. The number of carbonyl (C=O) groups is 1. The van der Waals surface area contributed by atoms with Gasteiger partial charge < -0.3 is 10.4 Å². The summed E-state index contributed by atoms with van der Waals surface area (Å²) >= 11 is 1.64. The molecule has 4 rings (SSSR count). The Labute approximate surface area is 150 Å². The second kappa shape index (κ2) is 6.86. The van der Waals surface area contributed by atoms with Gasteiger partial charge in [0.15, 0.2) is 0 Å². The van der Waals surface area contributed by atoms with Gasteiger partial charge in [-0.3, -0.25) is 14.8 Å². The predicted octanol–water partition coefficient (Wildman–Crippen LogP) is 1.42. The van der Waals surface area contributed by atoms with Crippen molar-refractivity contribution in [1.29, 1.82) is 0 Å². The lowest BCUT2D eigenvalue weighted by atomic mass is 10.0. The van der Waals surface area contributed by atoms with Gasteiger partial charge in [-0.25, -0.2) is 4.98 Å². The Kier molecular flexibility index (Phi) is 4.58. The number of likely N-dealkylation sites (tertiary alicyclic amines) is 1. The summed E-state index contributed by atoms with van der Waals surface area (Å²) in [5.74, 6) is 0.327. The lowest BCUT2D eigenvalue weighted by Gasteiger charge is -2.35. The van der Waals surface area contributed by atoms with Gasteiger partial charge in [-0.15, -0.1) is 11.3 Å². The van der Waals surface area contributed by atoms with Crippen molar-refractivity contribution in [2.45, 2.75) is 50.8 Å². The van der Waals surface area contributed by atoms with Crippen molar-refractivity contribution in [2.75, 3.05) is 13.1 Å². The molecule has 0 aromatic carbocycles. The van der Waals surface area contributed by atoms with E-state index in [9.17, 15) is 9.90 Å². The van der Waals surface area contributed by atoms with Gasteiger partial charge in [-0.1, -0.05) is 0 Å².